The Balaban J connectivity index is 2.26. The Kier molecular flexibility index (Phi) is 3.25. The molecule has 1 nitrogen and oxygen atoms in total. The molecule has 4 heteroatoms. The van der Waals surface area contributed by atoms with Gasteiger partial charge in [-0.1, -0.05) is 34.8 Å². The van der Waals surface area contributed by atoms with Gasteiger partial charge in [-0.2, -0.15) is 0 Å². The van der Waals surface area contributed by atoms with E-state index in [9.17, 15) is 0 Å². The van der Waals surface area contributed by atoms with Crippen molar-refractivity contribution in [2.45, 2.75) is 0 Å². The first-order valence-corrected chi connectivity index (χ1v) is 5.54. The highest BCUT2D eigenvalue weighted by atomic mass is 35.5. The normalized spacial score (nSPS) is 16.1. The lowest BCUT2D eigenvalue weighted by atomic mass is 10.2. The van der Waals surface area contributed by atoms with Crippen molar-refractivity contribution in [3.05, 3.63) is 51.6 Å². The van der Waals surface area contributed by atoms with E-state index in [2.05, 4.69) is 0 Å². The fraction of sp³-hybridized carbons (Fsp3) is 0.0909. The van der Waals surface area contributed by atoms with Crippen molar-refractivity contribution < 1.29 is 0 Å². The van der Waals surface area contributed by atoms with E-state index in [1.54, 1.807) is 6.08 Å². The molecule has 1 aromatic rings. The molecule has 1 aliphatic heterocycles. The van der Waals surface area contributed by atoms with Crippen LogP contribution in [-0.2, 0) is 0 Å². The van der Waals surface area contributed by atoms with Crippen LogP contribution in [0.2, 0.25) is 5.02 Å². The fourth-order valence-corrected chi connectivity index (χ4v) is 2.07. The highest BCUT2D eigenvalue weighted by Gasteiger charge is 2.11. The molecule has 0 saturated heterocycles. The second-order valence-electron chi connectivity index (χ2n) is 3.21. The standard InChI is InChI=1S/C11H8Cl3N/c12-8-1-3-11(4-2-8)15-6-9(13)5-10(14)7-15/h1-6H,7H2. The van der Waals surface area contributed by atoms with E-state index in [0.29, 0.717) is 16.6 Å². The molecule has 0 unspecified atom stereocenters. The van der Waals surface area contributed by atoms with Crippen LogP contribution >= 0.6 is 34.8 Å². The maximum Gasteiger partial charge on any atom is 0.0584 e. The van der Waals surface area contributed by atoms with E-state index in [-0.39, 0.29) is 0 Å². The molecule has 2 rings (SSSR count). The average Bonchev–Trinajstić information content (AvgIpc) is 2.17. The van der Waals surface area contributed by atoms with Crippen LogP contribution < -0.4 is 4.90 Å². The van der Waals surface area contributed by atoms with Gasteiger partial charge in [-0.3, -0.25) is 0 Å². The number of hydrogen-bond donors (Lipinski definition) is 0. The second-order valence-corrected chi connectivity index (χ2v) is 4.57. The van der Waals surface area contributed by atoms with E-state index in [1.165, 1.54) is 0 Å². The topological polar surface area (TPSA) is 3.24 Å². The lowest BCUT2D eigenvalue weighted by Crippen LogP contribution is -2.20. The van der Waals surface area contributed by atoms with Crippen LogP contribution in [0, 0.1) is 0 Å². The molecule has 0 amide bonds. The zero-order valence-electron chi connectivity index (χ0n) is 7.75. The maximum atomic E-state index is 5.96. The Morgan fingerprint density at radius 2 is 1.67 bits per heavy atom. The van der Waals surface area contributed by atoms with Crippen molar-refractivity contribution in [3.63, 3.8) is 0 Å². The molecule has 0 bridgehead atoms. The summed E-state index contributed by atoms with van der Waals surface area (Å²) in [6.45, 7) is 0.638. The summed E-state index contributed by atoms with van der Waals surface area (Å²) in [5.41, 5.74) is 1.02. The minimum Gasteiger partial charge on any atom is -0.341 e. The highest BCUT2D eigenvalue weighted by molar-refractivity contribution is 6.35. The Hall–Kier alpha value is -0.630. The molecule has 1 aromatic carbocycles. The highest BCUT2D eigenvalue weighted by Crippen LogP contribution is 2.25. The van der Waals surface area contributed by atoms with E-state index < -0.39 is 0 Å². The van der Waals surface area contributed by atoms with Gasteiger partial charge >= 0.3 is 0 Å². The molecule has 0 aromatic heterocycles. The molecule has 0 atom stereocenters. The van der Waals surface area contributed by atoms with Crippen LogP contribution in [0.25, 0.3) is 0 Å². The van der Waals surface area contributed by atoms with Crippen molar-refractivity contribution in [3.8, 4) is 0 Å². The van der Waals surface area contributed by atoms with Crippen LogP contribution in [0.15, 0.2) is 46.6 Å². The Morgan fingerprint density at radius 3 is 2.27 bits per heavy atom. The summed E-state index contributed by atoms with van der Waals surface area (Å²) in [5.74, 6) is 0. The van der Waals surface area contributed by atoms with Gasteiger partial charge in [-0.15, -0.1) is 0 Å². The third kappa shape index (κ3) is 2.69. The van der Waals surface area contributed by atoms with Gasteiger partial charge in [0.05, 0.1) is 11.6 Å². The van der Waals surface area contributed by atoms with Crippen LogP contribution in [0.1, 0.15) is 0 Å². The van der Waals surface area contributed by atoms with E-state index in [1.807, 2.05) is 35.4 Å². The van der Waals surface area contributed by atoms with Crippen LogP contribution in [0.4, 0.5) is 5.69 Å². The van der Waals surface area contributed by atoms with Gasteiger partial charge in [0.2, 0.25) is 0 Å². The minimum atomic E-state index is 0.626. The molecule has 15 heavy (non-hydrogen) atoms. The summed E-state index contributed by atoms with van der Waals surface area (Å²) in [5, 5.41) is 2.06. The number of nitrogens with zero attached hydrogens (tertiary/aromatic N) is 1. The number of halogens is 3. The summed E-state index contributed by atoms with van der Waals surface area (Å²) < 4.78 is 0. The Labute approximate surface area is 104 Å². The molecule has 0 saturated carbocycles. The predicted molar refractivity (Wildman–Crippen MR) is 66.7 cm³/mol. The first kappa shape index (κ1) is 10.9. The SMILES string of the molecule is ClC1=CN(c2ccc(Cl)cc2)CC(Cl)=C1. The molecule has 1 heterocycles. The average molecular weight is 261 g/mol. The number of benzene rings is 1. The summed E-state index contributed by atoms with van der Waals surface area (Å²) in [4.78, 5) is 1.97. The van der Waals surface area contributed by atoms with E-state index in [4.69, 9.17) is 34.8 Å². The maximum absolute atomic E-state index is 5.96. The zero-order chi connectivity index (χ0) is 10.8. The largest absolute Gasteiger partial charge is 0.341 e. The van der Waals surface area contributed by atoms with E-state index in [0.717, 1.165) is 10.7 Å². The van der Waals surface area contributed by atoms with Gasteiger partial charge in [-0.25, -0.2) is 0 Å². The number of anilines is 1. The first-order chi connectivity index (χ1) is 7.15. The quantitative estimate of drug-likeness (QED) is 0.725. The van der Waals surface area contributed by atoms with Crippen molar-refractivity contribution in [1.29, 1.82) is 0 Å². The number of allylic oxidation sites excluding steroid dienone is 2. The predicted octanol–water partition coefficient (Wildman–Crippen LogP) is 4.36. The van der Waals surface area contributed by atoms with Crippen molar-refractivity contribution in [2.75, 3.05) is 11.4 Å². The third-order valence-electron chi connectivity index (χ3n) is 2.05. The van der Waals surface area contributed by atoms with Gasteiger partial charge in [-0.05, 0) is 30.3 Å². The number of hydrogen-bond acceptors (Lipinski definition) is 1. The van der Waals surface area contributed by atoms with Crippen molar-refractivity contribution >= 4 is 40.5 Å². The monoisotopic (exact) mass is 259 g/mol. The Bertz CT molecular complexity index is 420. The van der Waals surface area contributed by atoms with Crippen molar-refractivity contribution in [1.82, 2.24) is 0 Å². The van der Waals surface area contributed by atoms with Gasteiger partial charge in [0.1, 0.15) is 0 Å². The van der Waals surface area contributed by atoms with Crippen LogP contribution in [0.3, 0.4) is 0 Å². The van der Waals surface area contributed by atoms with Gasteiger partial charge in [0.25, 0.3) is 0 Å². The third-order valence-corrected chi connectivity index (χ3v) is 2.74. The smallest absolute Gasteiger partial charge is 0.0584 e. The van der Waals surface area contributed by atoms with Crippen LogP contribution in [-0.4, -0.2) is 6.54 Å². The van der Waals surface area contributed by atoms with Crippen molar-refractivity contribution in [2.24, 2.45) is 0 Å². The molecule has 0 radical (unpaired) electrons. The lowest BCUT2D eigenvalue weighted by molar-refractivity contribution is 1.05. The number of rotatable bonds is 1. The minimum absolute atomic E-state index is 0.626. The summed E-state index contributed by atoms with van der Waals surface area (Å²) in [6, 6.07) is 7.53. The van der Waals surface area contributed by atoms with Gasteiger partial charge in [0, 0.05) is 21.9 Å². The fourth-order valence-electron chi connectivity index (χ4n) is 1.39. The lowest BCUT2D eigenvalue weighted by Gasteiger charge is -2.23. The van der Waals surface area contributed by atoms with Crippen LogP contribution in [0.5, 0.6) is 0 Å². The molecule has 1 aliphatic rings. The summed E-state index contributed by atoms with van der Waals surface area (Å²) in [7, 11) is 0. The summed E-state index contributed by atoms with van der Waals surface area (Å²) in [6.07, 6.45) is 3.59. The Morgan fingerprint density at radius 1 is 1.00 bits per heavy atom. The second kappa shape index (κ2) is 4.48. The molecule has 0 fully saturated rings. The molecular weight excluding hydrogens is 252 g/mol. The van der Waals surface area contributed by atoms with Gasteiger partial charge in [0.15, 0.2) is 0 Å². The zero-order valence-corrected chi connectivity index (χ0v) is 10.0. The first-order valence-electron chi connectivity index (χ1n) is 4.41. The molecule has 0 N–H and O–H groups in total. The molecule has 0 spiro atoms. The van der Waals surface area contributed by atoms with E-state index >= 15 is 0 Å². The summed E-state index contributed by atoms with van der Waals surface area (Å²) >= 11 is 17.7. The molecule has 78 valence electrons. The molecule has 0 aliphatic carbocycles. The molecular formula is C11H8Cl3N. The van der Waals surface area contributed by atoms with Gasteiger partial charge < -0.3 is 4.90 Å².